The van der Waals surface area contributed by atoms with Gasteiger partial charge in [-0.15, -0.1) is 0 Å². The first-order valence-corrected chi connectivity index (χ1v) is 10.4. The molecule has 1 aromatic carbocycles. The molecular formula is C23H27F3O5. The third kappa shape index (κ3) is 6.58. The predicted octanol–water partition coefficient (Wildman–Crippen LogP) is 4.20. The fourth-order valence-electron chi connectivity index (χ4n) is 4.25. The summed E-state index contributed by atoms with van der Waals surface area (Å²) in [5, 5.41) is 29.2. The number of carboxylic acids is 1. The van der Waals surface area contributed by atoms with Crippen LogP contribution in [0.25, 0.3) is 0 Å². The first-order valence-electron chi connectivity index (χ1n) is 10.4. The predicted molar refractivity (Wildman–Crippen MR) is 107 cm³/mol. The maximum atomic E-state index is 12.8. The number of aliphatic carboxylic acids is 1. The molecule has 8 heteroatoms. The Morgan fingerprint density at radius 2 is 2.06 bits per heavy atom. The number of aliphatic hydroxyl groups excluding tert-OH is 2. The van der Waals surface area contributed by atoms with Gasteiger partial charge in [-0.3, -0.25) is 4.79 Å². The van der Waals surface area contributed by atoms with Crippen molar-refractivity contribution < 1.29 is 38.0 Å². The van der Waals surface area contributed by atoms with Gasteiger partial charge in [0.2, 0.25) is 0 Å². The molecular weight excluding hydrogens is 413 g/mol. The summed E-state index contributed by atoms with van der Waals surface area (Å²) < 4.78 is 43.6. The minimum atomic E-state index is -4.46. The summed E-state index contributed by atoms with van der Waals surface area (Å²) in [4.78, 5) is 10.6. The number of carbonyl (C=O) groups is 1. The summed E-state index contributed by atoms with van der Waals surface area (Å²) in [6, 6.07) is 4.48. The molecule has 0 saturated heterocycles. The van der Waals surface area contributed by atoms with Crippen molar-refractivity contribution in [3.63, 3.8) is 0 Å². The summed E-state index contributed by atoms with van der Waals surface area (Å²) in [7, 11) is 0. The van der Waals surface area contributed by atoms with E-state index in [-0.39, 0.29) is 36.5 Å². The lowest BCUT2D eigenvalue weighted by atomic mass is 9.87. The van der Waals surface area contributed by atoms with Gasteiger partial charge in [-0.25, -0.2) is 0 Å². The Hall–Kier alpha value is -2.32. The van der Waals surface area contributed by atoms with Gasteiger partial charge in [-0.2, -0.15) is 13.2 Å². The van der Waals surface area contributed by atoms with Gasteiger partial charge in [0.15, 0.2) is 0 Å². The lowest BCUT2D eigenvalue weighted by Crippen LogP contribution is -2.21. The molecule has 3 rings (SSSR count). The molecule has 2 aliphatic rings. The van der Waals surface area contributed by atoms with Gasteiger partial charge in [0.25, 0.3) is 0 Å². The highest BCUT2D eigenvalue weighted by Crippen LogP contribution is 2.49. The van der Waals surface area contributed by atoms with Crippen LogP contribution >= 0.6 is 0 Å². The number of rotatable bonds is 10. The second-order valence-electron chi connectivity index (χ2n) is 8.19. The van der Waals surface area contributed by atoms with Crippen molar-refractivity contribution in [3.05, 3.63) is 53.6 Å². The van der Waals surface area contributed by atoms with Crippen LogP contribution in [0, 0.1) is 17.8 Å². The summed E-state index contributed by atoms with van der Waals surface area (Å²) in [5.74, 6) is -0.450. The second-order valence-corrected chi connectivity index (χ2v) is 8.19. The van der Waals surface area contributed by atoms with E-state index in [2.05, 4.69) is 6.08 Å². The molecule has 1 fully saturated rings. The monoisotopic (exact) mass is 440 g/mol. The van der Waals surface area contributed by atoms with Crippen molar-refractivity contribution in [2.75, 3.05) is 6.61 Å². The highest BCUT2D eigenvalue weighted by Gasteiger charge is 2.42. The Morgan fingerprint density at radius 1 is 1.29 bits per heavy atom. The number of alkyl halides is 3. The molecule has 2 aliphatic carbocycles. The number of hydrogen-bond acceptors (Lipinski definition) is 4. The number of halogens is 3. The minimum absolute atomic E-state index is 0.0224. The van der Waals surface area contributed by atoms with Crippen molar-refractivity contribution in [3.8, 4) is 5.75 Å². The Kier molecular flexibility index (Phi) is 7.43. The van der Waals surface area contributed by atoms with Crippen LogP contribution in [0.1, 0.15) is 37.7 Å². The van der Waals surface area contributed by atoms with E-state index in [0.717, 1.165) is 25.0 Å². The van der Waals surface area contributed by atoms with Crippen LogP contribution < -0.4 is 4.74 Å². The quantitative estimate of drug-likeness (QED) is 0.475. The molecule has 0 heterocycles. The molecule has 0 bridgehead atoms. The number of allylic oxidation sites excluding steroid dienone is 2. The highest BCUT2D eigenvalue weighted by atomic mass is 19.4. The first-order chi connectivity index (χ1) is 14.6. The standard InChI is InChI=1S/C23H27F3O5/c24-23(25,26)15-4-2-5-17(12-15)31-13-16(27)7-8-19-18(9-10-21(19)28)20-11-14(20)3-1-6-22(29)30/h2,4-5,7-8,11-12,16,18-21,27-28H,1,3,6,9-10,13H2,(H,29,30)/b8-7+/t16-,18+,19-,20?,21-/m1/s1. The van der Waals surface area contributed by atoms with E-state index >= 15 is 0 Å². The zero-order valence-electron chi connectivity index (χ0n) is 17.0. The lowest BCUT2D eigenvalue weighted by Gasteiger charge is -2.20. The molecule has 0 radical (unpaired) electrons. The first kappa shape index (κ1) is 23.3. The van der Waals surface area contributed by atoms with Gasteiger partial charge < -0.3 is 20.1 Å². The zero-order valence-corrected chi connectivity index (χ0v) is 17.0. The Morgan fingerprint density at radius 3 is 2.77 bits per heavy atom. The number of aliphatic hydroxyl groups is 2. The number of ether oxygens (including phenoxy) is 1. The average Bonchev–Trinajstić information content (AvgIpc) is 3.37. The minimum Gasteiger partial charge on any atom is -0.491 e. The molecule has 1 aromatic rings. The summed E-state index contributed by atoms with van der Waals surface area (Å²) in [5.41, 5.74) is 0.412. The fourth-order valence-corrected chi connectivity index (χ4v) is 4.25. The van der Waals surface area contributed by atoms with Crippen molar-refractivity contribution in [1.82, 2.24) is 0 Å². The van der Waals surface area contributed by atoms with Gasteiger partial charge in [0.1, 0.15) is 18.5 Å². The molecule has 5 atom stereocenters. The zero-order chi connectivity index (χ0) is 22.6. The summed E-state index contributed by atoms with van der Waals surface area (Å²) in [6.45, 7) is -0.201. The Bertz CT molecular complexity index is 833. The van der Waals surface area contributed by atoms with Gasteiger partial charge in [-0.1, -0.05) is 29.9 Å². The molecule has 0 aromatic heterocycles. The third-order valence-corrected chi connectivity index (χ3v) is 5.90. The van der Waals surface area contributed by atoms with Crippen molar-refractivity contribution >= 4 is 5.97 Å². The van der Waals surface area contributed by atoms with Crippen molar-refractivity contribution in [2.45, 2.75) is 50.5 Å². The Labute approximate surface area is 178 Å². The normalized spacial score (nSPS) is 26.7. The molecule has 170 valence electrons. The van der Waals surface area contributed by atoms with Crippen LogP contribution in [0.4, 0.5) is 13.2 Å². The van der Waals surface area contributed by atoms with Crippen LogP contribution in [0.5, 0.6) is 5.75 Å². The van der Waals surface area contributed by atoms with E-state index in [1.165, 1.54) is 23.8 Å². The lowest BCUT2D eigenvalue weighted by molar-refractivity contribution is -0.138. The van der Waals surface area contributed by atoms with E-state index in [0.29, 0.717) is 12.8 Å². The molecule has 0 spiro atoms. The SMILES string of the molecule is O=C(O)CCCC1=CC1[C@H]1CC[C@@H](O)[C@@H]1/C=C/[C@@H](O)COc1cccc(C(F)(F)F)c1. The number of hydrogen-bond donors (Lipinski definition) is 3. The molecule has 31 heavy (non-hydrogen) atoms. The highest BCUT2D eigenvalue weighted by molar-refractivity contribution is 5.66. The number of benzene rings is 1. The molecule has 1 saturated carbocycles. The maximum absolute atomic E-state index is 12.8. The maximum Gasteiger partial charge on any atom is 0.416 e. The molecule has 5 nitrogen and oxygen atoms in total. The Balaban J connectivity index is 1.49. The summed E-state index contributed by atoms with van der Waals surface area (Å²) in [6.07, 6.45) is 2.38. The van der Waals surface area contributed by atoms with E-state index < -0.39 is 29.9 Å². The topological polar surface area (TPSA) is 87.0 Å². The van der Waals surface area contributed by atoms with Gasteiger partial charge >= 0.3 is 12.1 Å². The van der Waals surface area contributed by atoms with Crippen molar-refractivity contribution in [2.24, 2.45) is 17.8 Å². The largest absolute Gasteiger partial charge is 0.491 e. The van der Waals surface area contributed by atoms with E-state index in [1.54, 1.807) is 6.08 Å². The van der Waals surface area contributed by atoms with E-state index in [9.17, 15) is 28.2 Å². The van der Waals surface area contributed by atoms with Crippen LogP contribution in [0.15, 0.2) is 48.1 Å². The van der Waals surface area contributed by atoms with E-state index in [4.69, 9.17) is 9.84 Å². The molecule has 0 aliphatic heterocycles. The van der Waals surface area contributed by atoms with Crippen molar-refractivity contribution in [1.29, 1.82) is 0 Å². The van der Waals surface area contributed by atoms with Crippen LogP contribution in [0.3, 0.4) is 0 Å². The molecule has 3 N–H and O–H groups in total. The van der Waals surface area contributed by atoms with Gasteiger partial charge in [0.05, 0.1) is 11.7 Å². The number of carboxylic acid groups (broad SMARTS) is 1. The van der Waals surface area contributed by atoms with Crippen LogP contribution in [-0.4, -0.2) is 40.1 Å². The van der Waals surface area contributed by atoms with Gasteiger partial charge in [-0.05, 0) is 49.8 Å². The van der Waals surface area contributed by atoms with E-state index in [1.807, 2.05) is 0 Å². The molecule has 1 unspecified atom stereocenters. The van der Waals surface area contributed by atoms with Gasteiger partial charge in [0, 0.05) is 18.3 Å². The fraction of sp³-hybridized carbons (Fsp3) is 0.522. The molecule has 0 amide bonds. The summed E-state index contributed by atoms with van der Waals surface area (Å²) >= 11 is 0. The van der Waals surface area contributed by atoms with Crippen LogP contribution in [-0.2, 0) is 11.0 Å². The smallest absolute Gasteiger partial charge is 0.416 e. The third-order valence-electron chi connectivity index (χ3n) is 5.90. The average molecular weight is 440 g/mol. The van der Waals surface area contributed by atoms with Crippen LogP contribution in [0.2, 0.25) is 0 Å². The second kappa shape index (κ2) is 9.87.